The van der Waals surface area contributed by atoms with Gasteiger partial charge in [-0.25, -0.2) is 0 Å². The number of rotatable bonds is 17. The van der Waals surface area contributed by atoms with Crippen molar-refractivity contribution in [3.63, 3.8) is 0 Å². The van der Waals surface area contributed by atoms with Crippen LogP contribution in [0.15, 0.2) is 60.7 Å². The molecule has 0 spiro atoms. The van der Waals surface area contributed by atoms with Gasteiger partial charge in [-0.05, 0) is 121 Å². The van der Waals surface area contributed by atoms with Gasteiger partial charge in [0, 0.05) is 22.3 Å². The minimum absolute atomic E-state index is 0.0771. The molecular weight excluding hydrogens is 702 g/mol. The SMILES string of the molecule is CCC(C)(C)c1cc(C(C)(C)CC)c(OPOc2ccccc2C)c(-c2c(C)c(C(C)(C)CC)cc(C(C)(C)CC)c2OPOc2ccccc2C)c1C. The zero-order valence-electron chi connectivity index (χ0n) is 36.2. The van der Waals surface area contributed by atoms with Crippen molar-refractivity contribution < 1.29 is 18.1 Å². The van der Waals surface area contributed by atoms with Crippen LogP contribution >= 0.6 is 18.1 Å². The van der Waals surface area contributed by atoms with Crippen molar-refractivity contribution in [1.82, 2.24) is 0 Å². The van der Waals surface area contributed by atoms with E-state index in [2.05, 4.69) is 135 Å². The van der Waals surface area contributed by atoms with Crippen molar-refractivity contribution in [3.05, 3.63) is 105 Å². The lowest BCUT2D eigenvalue weighted by Crippen LogP contribution is -2.25. The van der Waals surface area contributed by atoms with Gasteiger partial charge < -0.3 is 18.1 Å². The number of hydrogen-bond acceptors (Lipinski definition) is 4. The van der Waals surface area contributed by atoms with Crippen molar-refractivity contribution >= 4 is 18.1 Å². The van der Waals surface area contributed by atoms with Crippen LogP contribution in [0.25, 0.3) is 11.1 Å². The van der Waals surface area contributed by atoms with E-state index in [0.29, 0.717) is 0 Å². The summed E-state index contributed by atoms with van der Waals surface area (Å²) in [5, 5.41) is 0. The molecule has 4 rings (SSSR count). The molecule has 2 unspecified atom stereocenters. The summed E-state index contributed by atoms with van der Waals surface area (Å²) in [6.45, 7) is 36.7. The van der Waals surface area contributed by atoms with Gasteiger partial charge >= 0.3 is 0 Å². The van der Waals surface area contributed by atoms with Crippen LogP contribution in [0.3, 0.4) is 0 Å². The molecule has 2 atom stereocenters. The third-order valence-corrected chi connectivity index (χ3v) is 13.7. The summed E-state index contributed by atoms with van der Waals surface area (Å²) in [5.74, 6) is 3.43. The second-order valence-electron chi connectivity index (χ2n) is 17.7. The summed E-state index contributed by atoms with van der Waals surface area (Å²) in [6.07, 6.45) is 3.90. The standard InChI is InChI=1S/C48H68O4P2/c1-17-45(9,10)35-29-37(47(13,14)19-3)43(51-53-49-39-27-23-21-25-31(39)5)41(33(35)7)42-34(8)36(46(11,12)18-2)30-38(48(15,16)20-4)44(42)52-54-50-40-28-24-22-26-32(40)6/h21-30,53-54H,17-20H2,1-16H3. The highest BCUT2D eigenvalue weighted by atomic mass is 31.1. The predicted molar refractivity (Wildman–Crippen MR) is 236 cm³/mol. The van der Waals surface area contributed by atoms with Crippen LogP contribution in [-0.4, -0.2) is 0 Å². The fourth-order valence-corrected chi connectivity index (χ4v) is 8.37. The van der Waals surface area contributed by atoms with Crippen LogP contribution in [0.4, 0.5) is 0 Å². The van der Waals surface area contributed by atoms with Gasteiger partial charge in [-0.1, -0.05) is 132 Å². The normalized spacial score (nSPS) is 13.0. The molecule has 0 heterocycles. The van der Waals surface area contributed by atoms with E-state index in [1.165, 1.54) is 33.4 Å². The molecule has 4 aromatic rings. The summed E-state index contributed by atoms with van der Waals surface area (Å²) in [4.78, 5) is 0. The summed E-state index contributed by atoms with van der Waals surface area (Å²) in [5.41, 5.74) is 11.4. The first-order valence-electron chi connectivity index (χ1n) is 19.9. The molecule has 0 aliphatic heterocycles. The maximum atomic E-state index is 7.08. The lowest BCUT2D eigenvalue weighted by molar-refractivity contribution is 0.453. The van der Waals surface area contributed by atoms with Crippen LogP contribution < -0.4 is 18.1 Å². The summed E-state index contributed by atoms with van der Waals surface area (Å²) in [6, 6.07) is 21.2. The van der Waals surface area contributed by atoms with Crippen LogP contribution in [0.2, 0.25) is 0 Å². The van der Waals surface area contributed by atoms with Crippen molar-refractivity contribution in [2.45, 2.75) is 158 Å². The fourth-order valence-electron chi connectivity index (χ4n) is 7.06. The summed E-state index contributed by atoms with van der Waals surface area (Å²) >= 11 is 0. The topological polar surface area (TPSA) is 36.9 Å². The highest BCUT2D eigenvalue weighted by Crippen LogP contribution is 2.55. The monoisotopic (exact) mass is 770 g/mol. The van der Waals surface area contributed by atoms with E-state index >= 15 is 0 Å². The number of aryl methyl sites for hydroxylation is 2. The number of hydrogen-bond donors (Lipinski definition) is 0. The maximum absolute atomic E-state index is 7.08. The Bertz CT molecular complexity index is 1780. The number of benzene rings is 4. The molecule has 6 heteroatoms. The third kappa shape index (κ3) is 9.14. The lowest BCUT2D eigenvalue weighted by atomic mass is 9.69. The second-order valence-corrected chi connectivity index (χ2v) is 18.8. The minimum Gasteiger partial charge on any atom is -0.440 e. The maximum Gasteiger partial charge on any atom is 0.275 e. The first-order chi connectivity index (χ1) is 25.3. The van der Waals surface area contributed by atoms with Crippen LogP contribution in [0.1, 0.15) is 153 Å². The zero-order valence-corrected chi connectivity index (χ0v) is 38.2. The molecule has 294 valence electrons. The quantitative estimate of drug-likeness (QED) is 0.100. The molecule has 0 N–H and O–H groups in total. The van der Waals surface area contributed by atoms with Gasteiger partial charge in [0.1, 0.15) is 23.0 Å². The Labute approximate surface area is 332 Å². The number of para-hydroxylation sites is 2. The van der Waals surface area contributed by atoms with E-state index in [1.807, 2.05) is 36.4 Å². The molecule has 0 aliphatic carbocycles. The molecule has 4 nitrogen and oxygen atoms in total. The van der Waals surface area contributed by atoms with E-state index in [9.17, 15) is 0 Å². The van der Waals surface area contributed by atoms with E-state index in [0.717, 1.165) is 70.9 Å². The van der Waals surface area contributed by atoms with Crippen LogP contribution in [0.5, 0.6) is 23.0 Å². The zero-order chi connectivity index (χ0) is 40.2. The van der Waals surface area contributed by atoms with Crippen LogP contribution in [-0.2, 0) is 21.7 Å². The molecule has 0 saturated carbocycles. The van der Waals surface area contributed by atoms with Gasteiger partial charge in [0.25, 0.3) is 18.1 Å². The van der Waals surface area contributed by atoms with Gasteiger partial charge in [-0.15, -0.1) is 0 Å². The molecule has 0 bridgehead atoms. The van der Waals surface area contributed by atoms with E-state index < -0.39 is 0 Å². The molecule has 0 aromatic heterocycles. The molecular formula is C48H68O4P2. The Kier molecular flexibility index (Phi) is 14.1. The first kappa shape index (κ1) is 43.7. The van der Waals surface area contributed by atoms with Crippen molar-refractivity contribution in [1.29, 1.82) is 0 Å². The smallest absolute Gasteiger partial charge is 0.275 e. The van der Waals surface area contributed by atoms with E-state index in [4.69, 9.17) is 18.1 Å². The second kappa shape index (κ2) is 17.4. The average Bonchev–Trinajstić information content (AvgIpc) is 3.13. The molecule has 54 heavy (non-hydrogen) atoms. The first-order valence-corrected chi connectivity index (χ1v) is 21.6. The Morgan fingerprint density at radius 2 is 0.722 bits per heavy atom. The van der Waals surface area contributed by atoms with Gasteiger partial charge in [-0.3, -0.25) is 0 Å². The highest BCUT2D eigenvalue weighted by molar-refractivity contribution is 7.27. The van der Waals surface area contributed by atoms with Gasteiger partial charge in [0.15, 0.2) is 0 Å². The lowest BCUT2D eigenvalue weighted by Gasteiger charge is -2.37. The molecule has 0 aliphatic rings. The Hall–Kier alpha value is -3.06. The molecule has 0 saturated heterocycles. The minimum atomic E-state index is -0.235. The van der Waals surface area contributed by atoms with Crippen molar-refractivity contribution in [2.75, 3.05) is 0 Å². The Morgan fingerprint density at radius 1 is 0.426 bits per heavy atom. The summed E-state index contributed by atoms with van der Waals surface area (Å²) < 4.78 is 27.0. The van der Waals surface area contributed by atoms with Crippen molar-refractivity contribution in [3.8, 4) is 34.1 Å². The van der Waals surface area contributed by atoms with Gasteiger partial charge in [0.2, 0.25) is 0 Å². The van der Waals surface area contributed by atoms with Crippen molar-refractivity contribution in [2.24, 2.45) is 0 Å². The van der Waals surface area contributed by atoms with E-state index in [-0.39, 0.29) is 39.7 Å². The molecule has 4 aromatic carbocycles. The average molecular weight is 771 g/mol. The van der Waals surface area contributed by atoms with Gasteiger partial charge in [0.05, 0.1) is 0 Å². The highest BCUT2D eigenvalue weighted by Gasteiger charge is 2.37. The van der Waals surface area contributed by atoms with Crippen LogP contribution in [0, 0.1) is 27.7 Å². The molecule has 0 radical (unpaired) electrons. The summed E-state index contributed by atoms with van der Waals surface area (Å²) in [7, 11) is -0.470. The van der Waals surface area contributed by atoms with Gasteiger partial charge in [-0.2, -0.15) is 0 Å². The predicted octanol–water partition coefficient (Wildman–Crippen LogP) is 15.3. The molecule has 0 amide bonds. The Balaban J connectivity index is 2.18. The Morgan fingerprint density at radius 3 is 1.02 bits per heavy atom. The molecule has 0 fully saturated rings. The fraction of sp³-hybridized carbons (Fsp3) is 0.500. The third-order valence-electron chi connectivity index (χ3n) is 12.6. The van der Waals surface area contributed by atoms with E-state index in [1.54, 1.807) is 0 Å². The largest absolute Gasteiger partial charge is 0.440 e.